The fraction of sp³-hybridized carbons (Fsp3) is 0.462. The third-order valence-electron chi connectivity index (χ3n) is 2.58. The molecule has 0 aliphatic carbocycles. The summed E-state index contributed by atoms with van der Waals surface area (Å²) in [4.78, 5) is 11.6. The molecule has 18 heavy (non-hydrogen) atoms. The van der Waals surface area contributed by atoms with Crippen LogP contribution >= 0.6 is 11.6 Å². The molecule has 1 aromatic carbocycles. The van der Waals surface area contributed by atoms with Gasteiger partial charge < -0.3 is 15.4 Å². The van der Waals surface area contributed by atoms with Gasteiger partial charge in [-0.05, 0) is 24.1 Å². The van der Waals surface area contributed by atoms with Crippen LogP contribution < -0.4 is 10.6 Å². The number of rotatable bonds is 6. The molecule has 0 bridgehead atoms. The summed E-state index contributed by atoms with van der Waals surface area (Å²) in [5, 5.41) is 6.33. The Morgan fingerprint density at radius 1 is 1.39 bits per heavy atom. The van der Waals surface area contributed by atoms with Gasteiger partial charge in [-0.3, -0.25) is 0 Å². The van der Waals surface area contributed by atoms with E-state index in [4.69, 9.17) is 16.3 Å². The first-order valence-electron chi connectivity index (χ1n) is 5.96. The van der Waals surface area contributed by atoms with E-state index >= 15 is 0 Å². The highest BCUT2D eigenvalue weighted by Gasteiger charge is 2.11. The molecule has 0 radical (unpaired) electrons. The topological polar surface area (TPSA) is 50.4 Å². The van der Waals surface area contributed by atoms with Crippen molar-refractivity contribution in [2.75, 3.05) is 20.3 Å². The highest BCUT2D eigenvalue weighted by molar-refractivity contribution is 6.30. The van der Waals surface area contributed by atoms with Gasteiger partial charge in [0.1, 0.15) is 0 Å². The monoisotopic (exact) mass is 270 g/mol. The lowest BCUT2D eigenvalue weighted by Crippen LogP contribution is -2.39. The van der Waals surface area contributed by atoms with Crippen LogP contribution in [0.4, 0.5) is 4.79 Å². The number of urea groups is 1. The van der Waals surface area contributed by atoms with Crippen LogP contribution in [0.3, 0.4) is 0 Å². The molecular formula is C13H19ClN2O2. The first kappa shape index (κ1) is 14.8. The van der Waals surface area contributed by atoms with Crippen LogP contribution in [0.5, 0.6) is 0 Å². The van der Waals surface area contributed by atoms with Crippen LogP contribution in [0.2, 0.25) is 5.02 Å². The van der Waals surface area contributed by atoms with Crippen molar-refractivity contribution >= 4 is 17.6 Å². The Morgan fingerprint density at radius 3 is 2.61 bits per heavy atom. The minimum absolute atomic E-state index is 0.00943. The van der Waals surface area contributed by atoms with Crippen molar-refractivity contribution in [1.29, 1.82) is 0 Å². The largest absolute Gasteiger partial charge is 0.383 e. The van der Waals surface area contributed by atoms with E-state index in [1.165, 1.54) is 0 Å². The maximum absolute atomic E-state index is 11.6. The zero-order valence-corrected chi connectivity index (χ0v) is 11.5. The highest BCUT2D eigenvalue weighted by atomic mass is 35.5. The predicted molar refractivity (Wildman–Crippen MR) is 72.9 cm³/mol. The van der Waals surface area contributed by atoms with E-state index in [0.717, 1.165) is 12.0 Å². The first-order chi connectivity index (χ1) is 8.67. The predicted octanol–water partition coefficient (Wildman–Crippen LogP) is 2.74. The zero-order valence-electron chi connectivity index (χ0n) is 10.7. The molecule has 0 aliphatic rings. The number of halogens is 1. The minimum atomic E-state index is -0.186. The molecule has 0 saturated heterocycles. The molecule has 2 N–H and O–H groups in total. The number of nitrogens with one attached hydrogen (secondary N) is 2. The van der Waals surface area contributed by atoms with Gasteiger partial charge in [-0.15, -0.1) is 0 Å². The highest BCUT2D eigenvalue weighted by Crippen LogP contribution is 2.18. The molecule has 5 heteroatoms. The summed E-state index contributed by atoms with van der Waals surface area (Å²) in [5.41, 5.74) is 1.05. The average molecular weight is 271 g/mol. The first-order valence-corrected chi connectivity index (χ1v) is 6.34. The number of hydrogen-bond donors (Lipinski definition) is 2. The Kier molecular flexibility index (Phi) is 6.54. The van der Waals surface area contributed by atoms with Crippen molar-refractivity contribution in [2.45, 2.75) is 19.4 Å². The van der Waals surface area contributed by atoms with Crippen LogP contribution in [0.15, 0.2) is 24.3 Å². The van der Waals surface area contributed by atoms with Crippen LogP contribution in [0.25, 0.3) is 0 Å². The summed E-state index contributed by atoms with van der Waals surface area (Å²) in [5.74, 6) is 0. The van der Waals surface area contributed by atoms with Crippen molar-refractivity contribution in [3.05, 3.63) is 34.9 Å². The average Bonchev–Trinajstić information content (AvgIpc) is 2.37. The fourth-order valence-electron chi connectivity index (χ4n) is 1.59. The lowest BCUT2D eigenvalue weighted by molar-refractivity contribution is 0.195. The second-order valence-electron chi connectivity index (χ2n) is 3.91. The smallest absolute Gasteiger partial charge is 0.315 e. The molecule has 1 atom stereocenters. The number of methoxy groups -OCH3 is 1. The molecule has 0 heterocycles. The van der Waals surface area contributed by atoms with E-state index in [1.54, 1.807) is 7.11 Å². The van der Waals surface area contributed by atoms with Crippen molar-refractivity contribution in [3.63, 3.8) is 0 Å². The quantitative estimate of drug-likeness (QED) is 0.781. The number of amides is 2. The summed E-state index contributed by atoms with van der Waals surface area (Å²) >= 11 is 5.84. The van der Waals surface area contributed by atoms with Gasteiger partial charge in [-0.1, -0.05) is 30.7 Å². The van der Waals surface area contributed by atoms with Gasteiger partial charge in [0, 0.05) is 18.7 Å². The maximum Gasteiger partial charge on any atom is 0.315 e. The van der Waals surface area contributed by atoms with Crippen LogP contribution in [-0.2, 0) is 4.74 Å². The molecule has 1 aromatic rings. The molecule has 0 aromatic heterocycles. The van der Waals surface area contributed by atoms with Gasteiger partial charge in [-0.2, -0.15) is 0 Å². The zero-order chi connectivity index (χ0) is 13.4. The molecule has 1 unspecified atom stereocenters. The maximum atomic E-state index is 11.6. The lowest BCUT2D eigenvalue weighted by Gasteiger charge is -2.18. The number of benzene rings is 1. The normalized spacial score (nSPS) is 11.9. The van der Waals surface area contributed by atoms with Gasteiger partial charge in [0.05, 0.1) is 12.6 Å². The summed E-state index contributed by atoms with van der Waals surface area (Å²) in [6.45, 7) is 3.03. The lowest BCUT2D eigenvalue weighted by atomic mass is 10.1. The Balaban J connectivity index is 2.51. The summed E-state index contributed by atoms with van der Waals surface area (Å²) < 4.78 is 4.86. The van der Waals surface area contributed by atoms with Crippen LogP contribution in [0.1, 0.15) is 24.9 Å². The molecule has 100 valence electrons. The molecule has 0 fully saturated rings. The molecule has 0 spiro atoms. The molecule has 0 saturated carbocycles. The molecule has 2 amide bonds. The Morgan fingerprint density at radius 2 is 2.06 bits per heavy atom. The van der Waals surface area contributed by atoms with E-state index in [2.05, 4.69) is 10.6 Å². The number of carbonyl (C=O) groups excluding carboxylic acids is 1. The summed E-state index contributed by atoms with van der Waals surface area (Å²) in [7, 11) is 1.60. The van der Waals surface area contributed by atoms with Crippen LogP contribution in [-0.4, -0.2) is 26.3 Å². The van der Waals surface area contributed by atoms with E-state index in [-0.39, 0.29) is 12.1 Å². The Labute approximate surface area is 113 Å². The number of ether oxygens (including phenoxy) is 1. The molecule has 0 aliphatic heterocycles. The summed E-state index contributed by atoms with van der Waals surface area (Å²) in [6, 6.07) is 7.30. The molecule has 4 nitrogen and oxygen atoms in total. The SMILES string of the molecule is CCC(NC(=O)NCCOC)c1ccc(Cl)cc1. The standard InChI is InChI=1S/C13H19ClN2O2/c1-3-12(10-4-6-11(14)7-5-10)16-13(17)15-8-9-18-2/h4-7,12H,3,8-9H2,1-2H3,(H2,15,16,17). The third kappa shape index (κ3) is 4.94. The van der Waals surface area contributed by atoms with E-state index < -0.39 is 0 Å². The van der Waals surface area contributed by atoms with Crippen molar-refractivity contribution in [2.24, 2.45) is 0 Å². The number of carbonyl (C=O) groups is 1. The fourth-order valence-corrected chi connectivity index (χ4v) is 1.72. The van der Waals surface area contributed by atoms with Gasteiger partial charge in [0.25, 0.3) is 0 Å². The van der Waals surface area contributed by atoms with Crippen molar-refractivity contribution in [1.82, 2.24) is 10.6 Å². The summed E-state index contributed by atoms with van der Waals surface area (Å²) in [6.07, 6.45) is 0.819. The van der Waals surface area contributed by atoms with Crippen LogP contribution in [0, 0.1) is 0 Å². The van der Waals surface area contributed by atoms with Crippen molar-refractivity contribution in [3.8, 4) is 0 Å². The number of hydrogen-bond acceptors (Lipinski definition) is 2. The van der Waals surface area contributed by atoms with E-state index in [9.17, 15) is 4.79 Å². The Hall–Kier alpha value is -1.26. The van der Waals surface area contributed by atoms with E-state index in [1.807, 2.05) is 31.2 Å². The minimum Gasteiger partial charge on any atom is -0.383 e. The molecule has 1 rings (SSSR count). The van der Waals surface area contributed by atoms with Crippen molar-refractivity contribution < 1.29 is 9.53 Å². The van der Waals surface area contributed by atoms with Gasteiger partial charge in [0.15, 0.2) is 0 Å². The second-order valence-corrected chi connectivity index (χ2v) is 4.34. The van der Waals surface area contributed by atoms with E-state index in [0.29, 0.717) is 18.2 Å². The van der Waals surface area contributed by atoms with Gasteiger partial charge >= 0.3 is 6.03 Å². The van der Waals surface area contributed by atoms with Gasteiger partial charge in [-0.25, -0.2) is 4.79 Å². The van der Waals surface area contributed by atoms with Gasteiger partial charge in [0.2, 0.25) is 0 Å². The second kappa shape index (κ2) is 7.95. The Bertz CT molecular complexity index is 368. The molecular weight excluding hydrogens is 252 g/mol. The third-order valence-corrected chi connectivity index (χ3v) is 2.83.